The largest absolute Gasteiger partial charge is 0.393 e. The van der Waals surface area contributed by atoms with Crippen molar-refractivity contribution < 1.29 is 9.50 Å². The van der Waals surface area contributed by atoms with E-state index >= 15 is 0 Å². The van der Waals surface area contributed by atoms with E-state index in [9.17, 15) is 9.50 Å². The molecule has 0 aliphatic carbocycles. The molecular weight excluding hydrogens is 251 g/mol. The molecule has 1 aromatic carbocycles. The molecule has 0 amide bonds. The fourth-order valence-electron chi connectivity index (χ4n) is 1.80. The first-order chi connectivity index (χ1) is 8.20. The van der Waals surface area contributed by atoms with Crippen LogP contribution in [-0.4, -0.2) is 11.2 Å². The fourth-order valence-corrected chi connectivity index (χ4v) is 1.99. The summed E-state index contributed by atoms with van der Waals surface area (Å²) in [5.41, 5.74) is 0.629. The predicted octanol–water partition coefficient (Wildman–Crippen LogP) is 4.45. The first-order valence-corrected chi connectivity index (χ1v) is 6.70. The summed E-state index contributed by atoms with van der Waals surface area (Å²) < 4.78 is 13.5. The summed E-state index contributed by atoms with van der Waals surface area (Å²) in [6.07, 6.45) is 0.439. The number of benzene rings is 1. The Morgan fingerprint density at radius 1 is 1.33 bits per heavy atom. The highest BCUT2D eigenvalue weighted by Crippen LogP contribution is 2.30. The molecule has 2 unspecified atom stereocenters. The van der Waals surface area contributed by atoms with Crippen LogP contribution in [0, 0.1) is 17.2 Å². The topological polar surface area (TPSA) is 20.2 Å². The molecule has 0 aliphatic rings. The van der Waals surface area contributed by atoms with Crippen LogP contribution in [0.15, 0.2) is 18.2 Å². The summed E-state index contributed by atoms with van der Waals surface area (Å²) in [5.74, 6) is 0.0663. The number of hydrogen-bond acceptors (Lipinski definition) is 1. The Morgan fingerprint density at radius 3 is 2.50 bits per heavy atom. The van der Waals surface area contributed by atoms with Crippen LogP contribution in [0.4, 0.5) is 4.39 Å². The second-order valence-electron chi connectivity index (χ2n) is 6.10. The maximum absolute atomic E-state index is 13.5. The van der Waals surface area contributed by atoms with Crippen LogP contribution < -0.4 is 0 Å². The van der Waals surface area contributed by atoms with Gasteiger partial charge in [-0.05, 0) is 41.5 Å². The van der Waals surface area contributed by atoms with Crippen LogP contribution in [0.1, 0.15) is 39.7 Å². The van der Waals surface area contributed by atoms with Crippen LogP contribution in [0.3, 0.4) is 0 Å². The third kappa shape index (κ3) is 4.58. The molecule has 102 valence electrons. The molecule has 0 radical (unpaired) electrons. The highest BCUT2D eigenvalue weighted by atomic mass is 35.5. The average molecular weight is 273 g/mol. The van der Waals surface area contributed by atoms with E-state index in [1.165, 1.54) is 12.1 Å². The smallest absolute Gasteiger partial charge is 0.126 e. The molecule has 0 saturated carbocycles. The van der Waals surface area contributed by atoms with Crippen molar-refractivity contribution in [3.63, 3.8) is 0 Å². The minimum Gasteiger partial charge on any atom is -0.393 e. The standard InChI is InChI=1S/C15H22ClFO/c1-10(15(2,3)4)7-13(18)9-11-8-12(16)5-6-14(11)17/h5-6,8,10,13,18H,7,9H2,1-4H3. The number of halogens is 2. The molecule has 0 spiro atoms. The van der Waals surface area contributed by atoms with E-state index in [2.05, 4.69) is 27.7 Å². The lowest BCUT2D eigenvalue weighted by molar-refractivity contribution is 0.109. The zero-order valence-corrected chi connectivity index (χ0v) is 12.3. The van der Waals surface area contributed by atoms with Crippen molar-refractivity contribution in [2.24, 2.45) is 11.3 Å². The van der Waals surface area contributed by atoms with Gasteiger partial charge in [0.25, 0.3) is 0 Å². The Hall–Kier alpha value is -0.600. The molecule has 2 atom stereocenters. The van der Waals surface area contributed by atoms with Gasteiger partial charge in [-0.3, -0.25) is 0 Å². The van der Waals surface area contributed by atoms with E-state index in [-0.39, 0.29) is 11.2 Å². The summed E-state index contributed by atoms with van der Waals surface area (Å²) in [6, 6.07) is 4.45. The zero-order chi connectivity index (χ0) is 13.9. The van der Waals surface area contributed by atoms with Crippen molar-refractivity contribution in [2.45, 2.75) is 46.6 Å². The molecule has 18 heavy (non-hydrogen) atoms. The van der Waals surface area contributed by atoms with Crippen LogP contribution in [-0.2, 0) is 6.42 Å². The molecule has 0 saturated heterocycles. The van der Waals surface area contributed by atoms with Crippen molar-refractivity contribution in [1.29, 1.82) is 0 Å². The molecule has 1 rings (SSSR count). The van der Waals surface area contributed by atoms with Crippen molar-refractivity contribution in [3.05, 3.63) is 34.6 Å². The number of hydrogen-bond donors (Lipinski definition) is 1. The maximum Gasteiger partial charge on any atom is 0.126 e. The summed E-state index contributed by atoms with van der Waals surface area (Å²) in [7, 11) is 0. The first-order valence-electron chi connectivity index (χ1n) is 6.32. The van der Waals surface area contributed by atoms with Gasteiger partial charge in [0.15, 0.2) is 0 Å². The van der Waals surface area contributed by atoms with Crippen molar-refractivity contribution in [2.75, 3.05) is 0 Å². The van der Waals surface area contributed by atoms with E-state index < -0.39 is 6.10 Å². The average Bonchev–Trinajstić information content (AvgIpc) is 2.22. The van der Waals surface area contributed by atoms with Crippen molar-refractivity contribution in [1.82, 2.24) is 0 Å². The highest BCUT2D eigenvalue weighted by Gasteiger charge is 2.23. The number of rotatable bonds is 4. The Labute approximate surface area is 114 Å². The third-order valence-electron chi connectivity index (χ3n) is 3.57. The van der Waals surface area contributed by atoms with Crippen molar-refractivity contribution >= 4 is 11.6 Å². The second-order valence-corrected chi connectivity index (χ2v) is 6.53. The first kappa shape index (κ1) is 15.5. The lowest BCUT2D eigenvalue weighted by Crippen LogP contribution is -2.24. The molecule has 0 fully saturated rings. The SMILES string of the molecule is CC(CC(O)Cc1cc(Cl)ccc1F)C(C)(C)C. The van der Waals surface area contributed by atoms with Gasteiger partial charge in [0.2, 0.25) is 0 Å². The molecular formula is C15H22ClFO. The number of aliphatic hydroxyl groups is 1. The lowest BCUT2D eigenvalue weighted by Gasteiger charge is -2.29. The van der Waals surface area contributed by atoms with Gasteiger partial charge in [-0.2, -0.15) is 0 Å². The minimum atomic E-state index is -0.535. The van der Waals surface area contributed by atoms with Crippen molar-refractivity contribution in [3.8, 4) is 0 Å². The monoisotopic (exact) mass is 272 g/mol. The van der Waals surface area contributed by atoms with E-state index in [1.807, 2.05) is 0 Å². The molecule has 1 N–H and O–H groups in total. The van der Waals surface area contributed by atoms with Gasteiger partial charge < -0.3 is 5.11 Å². The third-order valence-corrected chi connectivity index (χ3v) is 3.80. The molecule has 1 nitrogen and oxygen atoms in total. The molecule has 0 aromatic heterocycles. The van der Waals surface area contributed by atoms with Crippen LogP contribution in [0.2, 0.25) is 5.02 Å². The molecule has 0 bridgehead atoms. The van der Waals surface area contributed by atoms with Gasteiger partial charge in [0, 0.05) is 11.4 Å². The van der Waals surface area contributed by atoms with E-state index in [4.69, 9.17) is 11.6 Å². The normalized spacial score (nSPS) is 15.5. The Balaban J connectivity index is 2.65. The van der Waals surface area contributed by atoms with E-state index in [0.29, 0.717) is 29.3 Å². The van der Waals surface area contributed by atoms with Crippen LogP contribution in [0.25, 0.3) is 0 Å². The molecule has 0 heterocycles. The Kier molecular flexibility index (Phi) is 5.18. The highest BCUT2D eigenvalue weighted by molar-refractivity contribution is 6.30. The zero-order valence-electron chi connectivity index (χ0n) is 11.5. The van der Waals surface area contributed by atoms with Gasteiger partial charge >= 0.3 is 0 Å². The summed E-state index contributed by atoms with van der Waals surface area (Å²) in [5, 5.41) is 10.5. The lowest BCUT2D eigenvalue weighted by atomic mass is 9.78. The second kappa shape index (κ2) is 6.03. The van der Waals surface area contributed by atoms with Crippen LogP contribution >= 0.6 is 11.6 Å². The van der Waals surface area contributed by atoms with Crippen LogP contribution in [0.5, 0.6) is 0 Å². The fraction of sp³-hybridized carbons (Fsp3) is 0.600. The minimum absolute atomic E-state index is 0.147. The summed E-state index contributed by atoms with van der Waals surface area (Å²) in [4.78, 5) is 0. The molecule has 1 aromatic rings. The predicted molar refractivity (Wildman–Crippen MR) is 74.4 cm³/mol. The van der Waals surface area contributed by atoms with Gasteiger partial charge in [-0.25, -0.2) is 4.39 Å². The van der Waals surface area contributed by atoms with Gasteiger partial charge in [-0.1, -0.05) is 39.3 Å². The van der Waals surface area contributed by atoms with Gasteiger partial charge in [0.05, 0.1) is 6.10 Å². The molecule has 3 heteroatoms. The number of aliphatic hydroxyl groups excluding tert-OH is 1. The van der Waals surface area contributed by atoms with Gasteiger partial charge in [-0.15, -0.1) is 0 Å². The Morgan fingerprint density at radius 2 is 1.94 bits per heavy atom. The molecule has 0 aliphatic heterocycles. The summed E-state index contributed by atoms with van der Waals surface area (Å²) in [6.45, 7) is 8.54. The quantitative estimate of drug-likeness (QED) is 0.858. The Bertz CT molecular complexity index is 398. The summed E-state index contributed by atoms with van der Waals surface area (Å²) >= 11 is 5.83. The van der Waals surface area contributed by atoms with Gasteiger partial charge in [0.1, 0.15) is 5.82 Å². The maximum atomic E-state index is 13.5. The van der Waals surface area contributed by atoms with E-state index in [0.717, 1.165) is 0 Å². The van der Waals surface area contributed by atoms with E-state index in [1.54, 1.807) is 6.07 Å².